The van der Waals surface area contributed by atoms with Crippen LogP contribution in [0.4, 0.5) is 4.39 Å². The van der Waals surface area contributed by atoms with Crippen LogP contribution < -0.4 is 5.73 Å². The summed E-state index contributed by atoms with van der Waals surface area (Å²) in [5, 5.41) is 0. The second kappa shape index (κ2) is 5.15. The molecule has 1 heterocycles. The van der Waals surface area contributed by atoms with Gasteiger partial charge in [-0.2, -0.15) is 0 Å². The van der Waals surface area contributed by atoms with Gasteiger partial charge in [0, 0.05) is 12.1 Å². The minimum atomic E-state index is -0.608. The monoisotopic (exact) mass is 236 g/mol. The van der Waals surface area contributed by atoms with Crippen LogP contribution in [-0.2, 0) is 5.54 Å². The van der Waals surface area contributed by atoms with Crippen molar-refractivity contribution in [1.82, 2.24) is 4.90 Å². The molecule has 3 heteroatoms. The molecule has 17 heavy (non-hydrogen) atoms. The van der Waals surface area contributed by atoms with Crippen molar-refractivity contribution in [2.75, 3.05) is 19.6 Å². The van der Waals surface area contributed by atoms with Gasteiger partial charge in [-0.15, -0.1) is 0 Å². The third-order valence-corrected chi connectivity index (χ3v) is 3.49. The van der Waals surface area contributed by atoms with Crippen LogP contribution in [0.2, 0.25) is 0 Å². The summed E-state index contributed by atoms with van der Waals surface area (Å²) in [5.41, 5.74) is 6.30. The molecule has 1 atom stereocenters. The third-order valence-electron chi connectivity index (χ3n) is 3.49. The van der Waals surface area contributed by atoms with Crippen LogP contribution in [0.1, 0.15) is 31.7 Å². The van der Waals surface area contributed by atoms with Crippen LogP contribution >= 0.6 is 0 Å². The van der Waals surface area contributed by atoms with Crippen LogP contribution in [0.5, 0.6) is 0 Å². The lowest BCUT2D eigenvalue weighted by molar-refractivity contribution is 0.183. The van der Waals surface area contributed by atoms with Crippen LogP contribution in [0.3, 0.4) is 0 Å². The molecule has 0 amide bonds. The molecule has 1 aliphatic rings. The molecule has 1 fully saturated rings. The zero-order valence-corrected chi connectivity index (χ0v) is 10.5. The first-order chi connectivity index (χ1) is 8.09. The van der Waals surface area contributed by atoms with Gasteiger partial charge in [-0.1, -0.05) is 24.6 Å². The van der Waals surface area contributed by atoms with E-state index in [1.54, 1.807) is 12.1 Å². The van der Waals surface area contributed by atoms with E-state index in [0.29, 0.717) is 5.56 Å². The summed E-state index contributed by atoms with van der Waals surface area (Å²) in [5.74, 6) is -0.200. The van der Waals surface area contributed by atoms with Crippen molar-refractivity contribution in [3.63, 3.8) is 0 Å². The number of hydrogen-bond donors (Lipinski definition) is 1. The fraction of sp³-hybridized carbons (Fsp3) is 0.571. The van der Waals surface area contributed by atoms with Gasteiger partial charge in [0.2, 0.25) is 0 Å². The maximum Gasteiger partial charge on any atom is 0.128 e. The van der Waals surface area contributed by atoms with Crippen molar-refractivity contribution in [1.29, 1.82) is 0 Å². The lowest BCUT2D eigenvalue weighted by Crippen LogP contribution is -2.47. The van der Waals surface area contributed by atoms with Gasteiger partial charge in [0.25, 0.3) is 0 Å². The van der Waals surface area contributed by atoms with Crippen LogP contribution in [-0.4, -0.2) is 24.5 Å². The molecular weight excluding hydrogens is 215 g/mol. The molecule has 2 nitrogen and oxygen atoms in total. The fourth-order valence-electron chi connectivity index (χ4n) is 2.59. The number of nitrogens with zero attached hydrogens (tertiary/aromatic N) is 1. The van der Waals surface area contributed by atoms with Crippen LogP contribution in [0, 0.1) is 5.82 Å². The van der Waals surface area contributed by atoms with Gasteiger partial charge in [-0.25, -0.2) is 4.39 Å². The lowest BCUT2D eigenvalue weighted by atomic mass is 9.91. The molecule has 0 aromatic heterocycles. The summed E-state index contributed by atoms with van der Waals surface area (Å²) in [6.45, 7) is 4.82. The van der Waals surface area contributed by atoms with Gasteiger partial charge in [0.1, 0.15) is 5.82 Å². The summed E-state index contributed by atoms with van der Waals surface area (Å²) >= 11 is 0. The fourth-order valence-corrected chi connectivity index (χ4v) is 2.59. The Hall–Kier alpha value is -0.930. The Kier molecular flexibility index (Phi) is 3.79. The van der Waals surface area contributed by atoms with E-state index >= 15 is 0 Å². The number of benzene rings is 1. The van der Waals surface area contributed by atoms with Crippen molar-refractivity contribution < 1.29 is 4.39 Å². The quantitative estimate of drug-likeness (QED) is 0.873. The van der Waals surface area contributed by atoms with Gasteiger partial charge in [0.15, 0.2) is 0 Å². The maximum absolute atomic E-state index is 13.7. The predicted molar refractivity (Wildman–Crippen MR) is 68.2 cm³/mol. The van der Waals surface area contributed by atoms with E-state index < -0.39 is 5.54 Å². The molecule has 0 spiro atoms. The highest BCUT2D eigenvalue weighted by atomic mass is 19.1. The van der Waals surface area contributed by atoms with E-state index in [9.17, 15) is 4.39 Å². The van der Waals surface area contributed by atoms with Gasteiger partial charge < -0.3 is 10.6 Å². The largest absolute Gasteiger partial charge is 0.320 e. The van der Waals surface area contributed by atoms with E-state index in [1.165, 1.54) is 25.3 Å². The predicted octanol–water partition coefficient (Wildman–Crippen LogP) is 2.49. The van der Waals surface area contributed by atoms with Crippen molar-refractivity contribution in [3.8, 4) is 0 Å². The van der Waals surface area contributed by atoms with Crippen molar-refractivity contribution in [3.05, 3.63) is 35.6 Å². The third kappa shape index (κ3) is 3.05. The highest BCUT2D eigenvalue weighted by Crippen LogP contribution is 2.23. The van der Waals surface area contributed by atoms with E-state index in [1.807, 2.05) is 13.0 Å². The minimum absolute atomic E-state index is 0.200. The minimum Gasteiger partial charge on any atom is -0.320 e. The summed E-state index contributed by atoms with van der Waals surface area (Å²) in [7, 11) is 0. The molecule has 0 radical (unpaired) electrons. The van der Waals surface area contributed by atoms with Gasteiger partial charge in [-0.3, -0.25) is 0 Å². The first-order valence-corrected chi connectivity index (χ1v) is 6.36. The van der Waals surface area contributed by atoms with E-state index in [0.717, 1.165) is 19.6 Å². The first kappa shape index (κ1) is 12.5. The Morgan fingerprint density at radius 3 is 2.53 bits per heavy atom. The Labute approximate surface area is 103 Å². The Morgan fingerprint density at radius 2 is 1.88 bits per heavy atom. The number of nitrogens with two attached hydrogens (primary N) is 1. The van der Waals surface area contributed by atoms with Crippen molar-refractivity contribution in [2.24, 2.45) is 5.73 Å². The molecule has 1 aromatic carbocycles. The van der Waals surface area contributed by atoms with Gasteiger partial charge in [0.05, 0.1) is 5.54 Å². The molecular formula is C14H21FN2. The molecule has 2 N–H and O–H groups in total. The van der Waals surface area contributed by atoms with E-state index in [4.69, 9.17) is 5.73 Å². The number of hydrogen-bond acceptors (Lipinski definition) is 2. The van der Waals surface area contributed by atoms with Gasteiger partial charge in [-0.05, 0) is 38.9 Å². The SMILES string of the molecule is CC(N)(CN1CCCCC1)c1ccccc1F. The Morgan fingerprint density at radius 1 is 1.24 bits per heavy atom. The molecule has 2 rings (SSSR count). The van der Waals surface area contributed by atoms with Crippen LogP contribution in [0.25, 0.3) is 0 Å². The number of likely N-dealkylation sites (tertiary alicyclic amines) is 1. The lowest BCUT2D eigenvalue weighted by Gasteiger charge is -2.35. The van der Waals surface area contributed by atoms with Crippen molar-refractivity contribution in [2.45, 2.75) is 31.7 Å². The molecule has 0 saturated carbocycles. The van der Waals surface area contributed by atoms with Crippen molar-refractivity contribution >= 4 is 0 Å². The average molecular weight is 236 g/mol. The Balaban J connectivity index is 2.10. The zero-order chi connectivity index (χ0) is 12.3. The maximum atomic E-state index is 13.7. The number of rotatable bonds is 3. The molecule has 1 aliphatic heterocycles. The second-order valence-electron chi connectivity index (χ2n) is 5.23. The number of piperidine rings is 1. The second-order valence-corrected chi connectivity index (χ2v) is 5.23. The molecule has 1 unspecified atom stereocenters. The van der Waals surface area contributed by atoms with E-state index in [2.05, 4.69) is 4.90 Å². The summed E-state index contributed by atoms with van der Waals surface area (Å²) < 4.78 is 13.7. The summed E-state index contributed by atoms with van der Waals surface area (Å²) in [4.78, 5) is 2.34. The molecule has 0 bridgehead atoms. The average Bonchev–Trinajstić information content (AvgIpc) is 2.30. The molecule has 0 aliphatic carbocycles. The molecule has 1 aromatic rings. The normalized spacial score (nSPS) is 21.1. The topological polar surface area (TPSA) is 29.3 Å². The van der Waals surface area contributed by atoms with Crippen LogP contribution in [0.15, 0.2) is 24.3 Å². The zero-order valence-electron chi connectivity index (χ0n) is 10.5. The Bertz CT molecular complexity index is 370. The highest BCUT2D eigenvalue weighted by molar-refractivity contribution is 5.25. The molecule has 94 valence electrons. The highest BCUT2D eigenvalue weighted by Gasteiger charge is 2.27. The molecule has 1 saturated heterocycles. The van der Waals surface area contributed by atoms with E-state index in [-0.39, 0.29) is 5.82 Å². The van der Waals surface area contributed by atoms with Gasteiger partial charge >= 0.3 is 0 Å². The first-order valence-electron chi connectivity index (χ1n) is 6.36. The smallest absolute Gasteiger partial charge is 0.128 e. The number of halogens is 1. The summed E-state index contributed by atoms with van der Waals surface area (Å²) in [6, 6.07) is 6.82. The standard InChI is InChI=1S/C14H21FN2/c1-14(16,11-17-9-5-2-6-10-17)12-7-3-4-8-13(12)15/h3-4,7-8H,2,5-6,9-11,16H2,1H3. The summed E-state index contributed by atoms with van der Waals surface area (Å²) in [6.07, 6.45) is 3.76.